The Hall–Kier alpha value is -3.92. The third-order valence-corrected chi connectivity index (χ3v) is 6.23. The number of aromatic nitrogens is 4. The molecule has 2 aromatic carbocycles. The number of fused-ring (bicyclic) bond motifs is 2. The van der Waals surface area contributed by atoms with E-state index in [0.29, 0.717) is 45.3 Å². The van der Waals surface area contributed by atoms with E-state index in [0.717, 1.165) is 10.1 Å². The minimum atomic E-state index is -3.67. The van der Waals surface area contributed by atoms with Crippen LogP contribution in [0, 0.1) is 0 Å². The maximum absolute atomic E-state index is 12.4. The predicted octanol–water partition coefficient (Wildman–Crippen LogP) is 5.12. The molecule has 16 heteroatoms. The van der Waals surface area contributed by atoms with Crippen LogP contribution in [0.2, 0.25) is 5.02 Å². The minimum Gasteiger partial charge on any atom is -0.455 e. The molecule has 0 unspecified atom stereocenters. The molecule has 40 heavy (non-hydrogen) atoms. The summed E-state index contributed by atoms with van der Waals surface area (Å²) in [5.74, 6) is 0.341. The van der Waals surface area contributed by atoms with Gasteiger partial charge in [-0.3, -0.25) is 9.35 Å². The molecule has 0 aliphatic carbocycles. The molecule has 5 rings (SSSR count). The number of carbonyl (C=O) groups is 1. The molecule has 0 bridgehead atoms. The van der Waals surface area contributed by atoms with Crippen LogP contribution in [0.3, 0.4) is 0 Å². The fraction of sp³-hybridized carbons (Fsp3) is 0.167. The normalized spacial score (nSPS) is 11.3. The Kier molecular flexibility index (Phi) is 9.09. The van der Waals surface area contributed by atoms with E-state index >= 15 is 0 Å². The lowest BCUT2D eigenvalue weighted by Gasteiger charge is -2.13. The van der Waals surface area contributed by atoms with Crippen molar-refractivity contribution >= 4 is 71.8 Å². The highest BCUT2D eigenvalue weighted by atomic mass is 35.5. The van der Waals surface area contributed by atoms with Crippen LogP contribution in [0.4, 0.5) is 20.3 Å². The van der Waals surface area contributed by atoms with E-state index in [1.165, 1.54) is 17.9 Å². The zero-order chi connectivity index (χ0) is 28.9. The number of amides is 1. The maximum atomic E-state index is 12.4. The van der Waals surface area contributed by atoms with Gasteiger partial charge in [-0.25, -0.2) is 9.97 Å². The number of halogens is 3. The second-order valence-electron chi connectivity index (χ2n) is 8.16. The fourth-order valence-electron chi connectivity index (χ4n) is 3.56. The van der Waals surface area contributed by atoms with E-state index in [1.807, 2.05) is 18.2 Å². The number of hydrogen-bond acceptors (Lipinski definition) is 9. The number of hydrogen-bond donors (Lipinski definition) is 3. The monoisotopic (exact) mass is 610 g/mol. The van der Waals surface area contributed by atoms with Gasteiger partial charge < -0.3 is 19.9 Å². The van der Waals surface area contributed by atoms with Crippen molar-refractivity contribution in [2.45, 2.75) is 13.0 Å². The number of alkyl halides is 2. The summed E-state index contributed by atoms with van der Waals surface area (Å²) in [6.45, 7) is 0.298. The molecular formula is C24H21ClF2N6O5S2. The molecular weight excluding hydrogens is 590 g/mol. The molecule has 5 aromatic rings. The van der Waals surface area contributed by atoms with E-state index in [-0.39, 0.29) is 13.1 Å². The summed E-state index contributed by atoms with van der Waals surface area (Å²) in [5, 5.41) is 6.71. The van der Waals surface area contributed by atoms with Gasteiger partial charge in [0.2, 0.25) is 0 Å². The summed E-state index contributed by atoms with van der Waals surface area (Å²) < 4.78 is 63.7. The van der Waals surface area contributed by atoms with Crippen molar-refractivity contribution < 1.29 is 31.3 Å². The molecule has 1 amide bonds. The Balaban J connectivity index is 0.000000681. The standard InChI is InChI=1S/C23H17ClF2N6O2S.CH4O3S/c24-15-10-13(4-5-18(15)34-17-2-1-3-19-14(17)11-30-35-19)31-22-20-16(28-12-29-22)6-8-32(20)9-7-27-23(33)21(25)26;1-5(2,3)4/h1-6,8,10-12,21H,7,9H2,(H,27,33)(H,28,29,31);1H3,(H,2,3,4). The van der Waals surface area contributed by atoms with Crippen LogP contribution in [0.5, 0.6) is 11.5 Å². The van der Waals surface area contributed by atoms with Crippen molar-refractivity contribution in [3.8, 4) is 11.5 Å². The summed E-state index contributed by atoms with van der Waals surface area (Å²) in [6, 6.07) is 12.8. The van der Waals surface area contributed by atoms with Crippen LogP contribution in [0.15, 0.2) is 61.2 Å². The maximum Gasteiger partial charge on any atom is 0.315 e. The van der Waals surface area contributed by atoms with Gasteiger partial charge in [0.1, 0.15) is 23.3 Å². The Morgan fingerprint density at radius 3 is 2.70 bits per heavy atom. The highest BCUT2D eigenvalue weighted by Crippen LogP contribution is 2.36. The molecule has 3 aromatic heterocycles. The Morgan fingerprint density at radius 2 is 1.98 bits per heavy atom. The van der Waals surface area contributed by atoms with Crippen LogP contribution in [0.25, 0.3) is 21.1 Å². The number of nitrogens with one attached hydrogen (secondary N) is 2. The van der Waals surface area contributed by atoms with Gasteiger partial charge >= 0.3 is 6.43 Å². The first kappa shape index (κ1) is 29.1. The summed E-state index contributed by atoms with van der Waals surface area (Å²) >= 11 is 7.89. The molecule has 0 fully saturated rings. The van der Waals surface area contributed by atoms with Gasteiger partial charge in [-0.15, -0.1) is 0 Å². The number of nitrogens with zero attached hydrogens (tertiary/aromatic N) is 4. The van der Waals surface area contributed by atoms with E-state index in [1.54, 1.807) is 41.2 Å². The zero-order valence-corrected chi connectivity index (χ0v) is 23.0. The fourth-order valence-corrected chi connectivity index (χ4v) is 4.44. The van der Waals surface area contributed by atoms with Crippen LogP contribution >= 0.6 is 23.1 Å². The molecule has 3 heterocycles. The summed E-state index contributed by atoms with van der Waals surface area (Å²) in [6.07, 6.45) is 2.59. The molecule has 0 atom stereocenters. The van der Waals surface area contributed by atoms with Crippen LogP contribution in [-0.2, 0) is 21.5 Å². The lowest BCUT2D eigenvalue weighted by Crippen LogP contribution is -2.32. The Bertz CT molecular complexity index is 1760. The van der Waals surface area contributed by atoms with E-state index in [9.17, 15) is 22.0 Å². The number of ether oxygens (including phenoxy) is 1. The van der Waals surface area contributed by atoms with Gasteiger partial charge in [-0.05, 0) is 47.9 Å². The largest absolute Gasteiger partial charge is 0.455 e. The summed E-state index contributed by atoms with van der Waals surface area (Å²) in [7, 11) is -3.67. The first-order valence-electron chi connectivity index (χ1n) is 11.4. The smallest absolute Gasteiger partial charge is 0.315 e. The summed E-state index contributed by atoms with van der Waals surface area (Å²) in [5.41, 5.74) is 1.98. The van der Waals surface area contributed by atoms with E-state index in [2.05, 4.69) is 25.0 Å². The van der Waals surface area contributed by atoms with Gasteiger partial charge in [-0.1, -0.05) is 17.7 Å². The van der Waals surface area contributed by atoms with Gasteiger partial charge in [-0.2, -0.15) is 21.6 Å². The molecule has 0 aliphatic heterocycles. The summed E-state index contributed by atoms with van der Waals surface area (Å²) in [4.78, 5) is 19.7. The van der Waals surface area contributed by atoms with Crippen molar-refractivity contribution in [1.82, 2.24) is 24.2 Å². The zero-order valence-electron chi connectivity index (χ0n) is 20.6. The van der Waals surface area contributed by atoms with Crippen LogP contribution in [0.1, 0.15) is 0 Å². The molecule has 0 aliphatic rings. The third kappa shape index (κ3) is 7.59. The van der Waals surface area contributed by atoms with Crippen LogP contribution in [-0.4, -0.2) is 57.0 Å². The van der Waals surface area contributed by atoms with Crippen molar-refractivity contribution in [3.05, 3.63) is 66.2 Å². The molecule has 0 radical (unpaired) electrons. The lowest BCUT2D eigenvalue weighted by molar-refractivity contribution is -0.131. The van der Waals surface area contributed by atoms with Crippen molar-refractivity contribution in [3.63, 3.8) is 0 Å². The van der Waals surface area contributed by atoms with Gasteiger partial charge in [0.25, 0.3) is 16.0 Å². The highest BCUT2D eigenvalue weighted by Gasteiger charge is 2.15. The van der Waals surface area contributed by atoms with E-state index < -0.39 is 22.5 Å². The SMILES string of the molecule is CS(=O)(=O)O.O=C(NCCn1ccc2ncnc(Nc3ccc(Oc4cccc5sncc45)c(Cl)c3)c21)C(F)F. The lowest BCUT2D eigenvalue weighted by atomic mass is 10.2. The van der Waals surface area contributed by atoms with Crippen molar-refractivity contribution in [2.24, 2.45) is 0 Å². The second kappa shape index (κ2) is 12.5. The predicted molar refractivity (Wildman–Crippen MR) is 148 cm³/mol. The molecule has 3 N–H and O–H groups in total. The highest BCUT2D eigenvalue weighted by molar-refractivity contribution is 7.85. The number of carbonyl (C=O) groups excluding carboxylic acids is 1. The molecule has 0 saturated carbocycles. The van der Waals surface area contributed by atoms with Gasteiger partial charge in [0, 0.05) is 25.0 Å². The molecule has 0 spiro atoms. The van der Waals surface area contributed by atoms with Crippen molar-refractivity contribution in [2.75, 3.05) is 18.1 Å². The average molecular weight is 611 g/mol. The first-order valence-corrected chi connectivity index (χ1v) is 14.4. The minimum absolute atomic E-state index is 0.0333. The Morgan fingerprint density at radius 1 is 1.20 bits per heavy atom. The topological polar surface area (TPSA) is 148 Å². The average Bonchev–Trinajstić information content (AvgIpc) is 3.53. The second-order valence-corrected chi connectivity index (χ2v) is 10.9. The van der Waals surface area contributed by atoms with Crippen molar-refractivity contribution in [1.29, 1.82) is 0 Å². The number of anilines is 2. The van der Waals surface area contributed by atoms with Gasteiger partial charge in [0.15, 0.2) is 5.82 Å². The number of rotatable bonds is 8. The number of benzene rings is 2. The molecule has 0 saturated heterocycles. The van der Waals surface area contributed by atoms with Crippen LogP contribution < -0.4 is 15.4 Å². The van der Waals surface area contributed by atoms with Gasteiger partial charge in [0.05, 0.1) is 33.1 Å². The first-order chi connectivity index (χ1) is 19.0. The quantitative estimate of drug-likeness (QED) is 0.204. The molecule has 11 nitrogen and oxygen atoms in total. The molecule has 210 valence electrons. The Labute approximate surface area is 235 Å². The third-order valence-electron chi connectivity index (χ3n) is 5.17. The van der Waals surface area contributed by atoms with E-state index in [4.69, 9.17) is 20.9 Å².